The van der Waals surface area contributed by atoms with Gasteiger partial charge in [-0.15, -0.1) is 0 Å². The number of benzene rings is 2. The summed E-state index contributed by atoms with van der Waals surface area (Å²) in [5.41, 5.74) is 6.18. The van der Waals surface area contributed by atoms with Crippen LogP contribution < -0.4 is 0 Å². The van der Waals surface area contributed by atoms with E-state index in [9.17, 15) is 0 Å². The molecule has 2 heterocycles. The molecule has 4 rings (SSSR count). The average molecular weight is 371 g/mol. The molecule has 0 amide bonds. The van der Waals surface area contributed by atoms with E-state index < -0.39 is 0 Å². The van der Waals surface area contributed by atoms with Crippen LogP contribution in [0.3, 0.4) is 0 Å². The fourth-order valence-corrected chi connectivity index (χ4v) is 4.38. The lowest BCUT2D eigenvalue weighted by Crippen LogP contribution is -1.93. The van der Waals surface area contributed by atoms with Crippen LogP contribution in [-0.2, 0) is 6.42 Å². The molecule has 4 aromatic rings. The van der Waals surface area contributed by atoms with E-state index in [1.165, 1.54) is 27.0 Å². The Morgan fingerprint density at radius 1 is 1.14 bits per heavy atom. The maximum Gasteiger partial charge on any atom is 0.195 e. The number of para-hydroxylation sites is 1. The van der Waals surface area contributed by atoms with Gasteiger partial charge >= 0.3 is 0 Å². The molecule has 2 nitrogen and oxygen atoms in total. The number of nitrogens with zero attached hydrogens (tertiary/aromatic N) is 2. The summed E-state index contributed by atoms with van der Waals surface area (Å²) in [6, 6.07) is 14.9. The number of rotatable bonds is 2. The van der Waals surface area contributed by atoms with Gasteiger partial charge in [-0.05, 0) is 37.1 Å². The molecule has 2 aromatic carbocycles. The van der Waals surface area contributed by atoms with Crippen LogP contribution in [0.2, 0.25) is 0 Å². The van der Waals surface area contributed by atoms with Crippen LogP contribution in [0.1, 0.15) is 18.2 Å². The van der Waals surface area contributed by atoms with Crippen molar-refractivity contribution in [2.24, 2.45) is 0 Å². The van der Waals surface area contributed by atoms with E-state index in [1.54, 1.807) is 11.3 Å². The molecule has 0 aliphatic rings. The van der Waals surface area contributed by atoms with Gasteiger partial charge in [-0.1, -0.05) is 58.5 Å². The number of fused-ring (bicyclic) bond motifs is 3. The first-order chi connectivity index (χ1) is 10.7. The predicted molar refractivity (Wildman–Crippen MR) is 97.8 cm³/mol. The summed E-state index contributed by atoms with van der Waals surface area (Å²) in [5.74, 6) is 0. The Labute approximate surface area is 141 Å². The van der Waals surface area contributed by atoms with Crippen molar-refractivity contribution in [2.75, 3.05) is 0 Å². The molecular formula is C18H15BrN2S. The van der Waals surface area contributed by atoms with Gasteiger partial charge in [-0.2, -0.15) is 0 Å². The summed E-state index contributed by atoms with van der Waals surface area (Å²) in [6.07, 6.45) is 0.965. The topological polar surface area (TPSA) is 17.3 Å². The summed E-state index contributed by atoms with van der Waals surface area (Å²) in [4.78, 5) is 6.01. The number of aryl methyl sites for hydroxylation is 2. The average Bonchev–Trinajstić information content (AvgIpc) is 3.03. The highest BCUT2D eigenvalue weighted by atomic mass is 79.9. The van der Waals surface area contributed by atoms with Crippen molar-refractivity contribution in [3.05, 3.63) is 58.2 Å². The second-order valence-corrected chi connectivity index (χ2v) is 7.33. The van der Waals surface area contributed by atoms with Crippen LogP contribution in [0.15, 0.2) is 46.9 Å². The Morgan fingerprint density at radius 3 is 2.64 bits per heavy atom. The van der Waals surface area contributed by atoms with Crippen molar-refractivity contribution >= 4 is 42.4 Å². The minimum Gasteiger partial charge on any atom is -0.286 e. The number of aromatic nitrogens is 2. The quantitative estimate of drug-likeness (QED) is 0.432. The van der Waals surface area contributed by atoms with Crippen LogP contribution in [0.4, 0.5) is 0 Å². The zero-order valence-electron chi connectivity index (χ0n) is 12.4. The highest BCUT2D eigenvalue weighted by molar-refractivity contribution is 9.10. The number of hydrogen-bond donors (Lipinski definition) is 0. The maximum atomic E-state index is 4.93. The van der Waals surface area contributed by atoms with Crippen molar-refractivity contribution in [3.8, 4) is 11.3 Å². The van der Waals surface area contributed by atoms with E-state index >= 15 is 0 Å². The zero-order chi connectivity index (χ0) is 15.3. The molecule has 0 N–H and O–H groups in total. The maximum absolute atomic E-state index is 4.93. The van der Waals surface area contributed by atoms with E-state index in [4.69, 9.17) is 4.98 Å². The van der Waals surface area contributed by atoms with Gasteiger partial charge in [0.2, 0.25) is 0 Å². The Balaban J connectivity index is 2.07. The first-order valence-electron chi connectivity index (χ1n) is 7.34. The molecular weight excluding hydrogens is 356 g/mol. The Morgan fingerprint density at radius 2 is 1.91 bits per heavy atom. The highest BCUT2D eigenvalue weighted by Crippen LogP contribution is 2.34. The van der Waals surface area contributed by atoms with Gasteiger partial charge in [0.1, 0.15) is 0 Å². The summed E-state index contributed by atoms with van der Waals surface area (Å²) < 4.78 is 4.74. The molecule has 0 radical (unpaired) electrons. The van der Waals surface area contributed by atoms with Crippen LogP contribution in [0.5, 0.6) is 0 Å². The molecule has 22 heavy (non-hydrogen) atoms. The molecule has 0 aliphatic heterocycles. The molecule has 0 saturated heterocycles. The van der Waals surface area contributed by atoms with Gasteiger partial charge in [-0.3, -0.25) is 4.40 Å². The third kappa shape index (κ3) is 2.02. The van der Waals surface area contributed by atoms with Crippen LogP contribution in [0, 0.1) is 6.92 Å². The Hall–Kier alpha value is -1.65. The fraction of sp³-hybridized carbons (Fsp3) is 0.167. The number of hydrogen-bond acceptors (Lipinski definition) is 2. The molecule has 0 spiro atoms. The summed E-state index contributed by atoms with van der Waals surface area (Å²) >= 11 is 5.27. The van der Waals surface area contributed by atoms with Crippen molar-refractivity contribution in [2.45, 2.75) is 20.3 Å². The van der Waals surface area contributed by atoms with Gasteiger partial charge in [0.15, 0.2) is 4.96 Å². The molecule has 0 saturated carbocycles. The molecule has 4 heteroatoms. The van der Waals surface area contributed by atoms with Crippen LogP contribution in [-0.4, -0.2) is 9.38 Å². The second kappa shape index (κ2) is 5.21. The smallest absolute Gasteiger partial charge is 0.195 e. The second-order valence-electron chi connectivity index (χ2n) is 5.41. The molecule has 0 atom stereocenters. The molecule has 110 valence electrons. The van der Waals surface area contributed by atoms with E-state index in [2.05, 4.69) is 76.6 Å². The van der Waals surface area contributed by atoms with E-state index in [-0.39, 0.29) is 0 Å². The van der Waals surface area contributed by atoms with Crippen LogP contribution in [0.25, 0.3) is 26.4 Å². The third-order valence-electron chi connectivity index (χ3n) is 4.02. The van der Waals surface area contributed by atoms with Gasteiger partial charge in [0.25, 0.3) is 0 Å². The van der Waals surface area contributed by atoms with Gasteiger partial charge < -0.3 is 0 Å². The van der Waals surface area contributed by atoms with Crippen molar-refractivity contribution < 1.29 is 0 Å². The van der Waals surface area contributed by atoms with Gasteiger partial charge in [0, 0.05) is 10.0 Å². The predicted octanol–water partition coefficient (Wildman–Crippen LogP) is 5.85. The number of halogens is 1. The van der Waals surface area contributed by atoms with Crippen molar-refractivity contribution in [1.82, 2.24) is 9.38 Å². The lowest BCUT2D eigenvalue weighted by molar-refractivity contribution is 1.03. The van der Waals surface area contributed by atoms with Crippen molar-refractivity contribution in [1.29, 1.82) is 0 Å². The normalized spacial score (nSPS) is 11.6. The lowest BCUT2D eigenvalue weighted by Gasteiger charge is -2.04. The fourth-order valence-electron chi connectivity index (χ4n) is 2.99. The van der Waals surface area contributed by atoms with Crippen LogP contribution >= 0.6 is 27.3 Å². The van der Waals surface area contributed by atoms with E-state index in [0.717, 1.165) is 21.5 Å². The Kier molecular flexibility index (Phi) is 3.31. The molecule has 2 aromatic heterocycles. The summed E-state index contributed by atoms with van der Waals surface area (Å²) in [5, 5.41) is 0. The molecule has 0 aliphatic carbocycles. The Bertz CT molecular complexity index is 980. The van der Waals surface area contributed by atoms with E-state index in [0.29, 0.717) is 0 Å². The standard InChI is InChI=1S/C18H15BrN2S/c1-3-14-16(12-7-9-13(19)10-8-12)20-18-21(14)17-11(2)5-4-6-15(17)22-18/h4-10H,3H2,1-2H3. The molecule has 0 fully saturated rings. The van der Waals surface area contributed by atoms with Gasteiger partial charge in [0.05, 0.1) is 21.6 Å². The first-order valence-corrected chi connectivity index (χ1v) is 8.95. The largest absolute Gasteiger partial charge is 0.286 e. The van der Waals surface area contributed by atoms with E-state index in [1.807, 2.05) is 0 Å². The minimum absolute atomic E-state index is 0.965. The van der Waals surface area contributed by atoms with Crippen molar-refractivity contribution in [3.63, 3.8) is 0 Å². The lowest BCUT2D eigenvalue weighted by atomic mass is 10.1. The molecule has 0 unspecified atom stereocenters. The van der Waals surface area contributed by atoms with Gasteiger partial charge in [-0.25, -0.2) is 4.98 Å². The minimum atomic E-state index is 0.965. The highest BCUT2D eigenvalue weighted by Gasteiger charge is 2.17. The molecule has 0 bridgehead atoms. The summed E-state index contributed by atoms with van der Waals surface area (Å²) in [6.45, 7) is 4.38. The zero-order valence-corrected chi connectivity index (χ0v) is 14.8. The summed E-state index contributed by atoms with van der Waals surface area (Å²) in [7, 11) is 0. The first kappa shape index (κ1) is 14.0. The number of thiazole rings is 1. The SMILES string of the molecule is CCc1c(-c2ccc(Br)cc2)nc2sc3cccc(C)c3n12. The number of imidazole rings is 1. The third-order valence-corrected chi connectivity index (χ3v) is 5.55. The monoisotopic (exact) mass is 370 g/mol.